The molecule has 2 bridgehead atoms. The number of benzene rings is 2. The Morgan fingerprint density at radius 3 is 2.39 bits per heavy atom. The van der Waals surface area contributed by atoms with Gasteiger partial charge in [0.15, 0.2) is 0 Å². The molecule has 218 valence electrons. The fourth-order valence-corrected chi connectivity index (χ4v) is 8.20. The monoisotopic (exact) mass is 636 g/mol. The molecule has 0 unspecified atom stereocenters. The summed E-state index contributed by atoms with van der Waals surface area (Å²) in [5.41, 5.74) is 0. The molecule has 5 rings (SSSR count). The van der Waals surface area contributed by atoms with E-state index in [0.717, 1.165) is 10.1 Å². The number of nitrogens with one attached hydrogen (secondary N) is 2. The summed E-state index contributed by atoms with van der Waals surface area (Å²) in [6.07, 6.45) is 1.09. The van der Waals surface area contributed by atoms with Gasteiger partial charge >= 0.3 is 0 Å². The van der Waals surface area contributed by atoms with Crippen molar-refractivity contribution in [2.75, 3.05) is 19.6 Å². The fraction of sp³-hybridized carbons (Fsp3) is 0.393. The second-order valence-electron chi connectivity index (χ2n) is 10.8. The zero-order chi connectivity index (χ0) is 29.5. The number of hydrogen-bond acceptors (Lipinski definition) is 6. The summed E-state index contributed by atoms with van der Waals surface area (Å²) in [6.45, 7) is 4.21. The van der Waals surface area contributed by atoms with Crippen molar-refractivity contribution >= 4 is 72.4 Å². The summed E-state index contributed by atoms with van der Waals surface area (Å²) >= 11 is 13.3. The van der Waals surface area contributed by atoms with E-state index in [1.165, 1.54) is 29.5 Å². The highest BCUT2D eigenvalue weighted by atomic mass is 35.5. The van der Waals surface area contributed by atoms with Crippen LogP contribution in [-0.2, 0) is 19.6 Å². The molecule has 3 aromatic rings. The lowest BCUT2D eigenvalue weighted by Gasteiger charge is -2.36. The first kappa shape index (κ1) is 29.8. The summed E-state index contributed by atoms with van der Waals surface area (Å²) < 4.78 is 28.7. The first-order valence-electron chi connectivity index (χ1n) is 13.3. The maximum atomic E-state index is 13.7. The van der Waals surface area contributed by atoms with Crippen molar-refractivity contribution in [1.82, 2.24) is 19.8 Å². The summed E-state index contributed by atoms with van der Waals surface area (Å²) in [5.74, 6) is -0.646. The molecule has 3 amide bonds. The summed E-state index contributed by atoms with van der Waals surface area (Å²) in [7, 11) is -4.03. The smallest absolute Gasteiger partial charge is 0.262 e. The number of fused-ring (bicyclic) bond motifs is 3. The third-order valence-electron chi connectivity index (χ3n) is 7.40. The normalized spacial score (nSPS) is 19.2. The Hall–Kier alpha value is -2.70. The minimum absolute atomic E-state index is 0.0396. The van der Waals surface area contributed by atoms with Crippen LogP contribution in [0.1, 0.15) is 36.4 Å². The molecule has 13 heteroatoms. The number of sulfonamides is 1. The first-order valence-corrected chi connectivity index (χ1v) is 16.3. The number of carbonyl (C=O) groups is 3. The maximum Gasteiger partial charge on any atom is 0.262 e. The number of amides is 3. The third-order valence-corrected chi connectivity index (χ3v) is 10.6. The predicted octanol–water partition coefficient (Wildman–Crippen LogP) is 4.14. The number of thiophene rings is 1. The van der Waals surface area contributed by atoms with Crippen molar-refractivity contribution in [3.8, 4) is 0 Å². The van der Waals surface area contributed by atoms with Gasteiger partial charge in [-0.3, -0.25) is 14.4 Å². The molecule has 0 saturated carbocycles. The van der Waals surface area contributed by atoms with Crippen molar-refractivity contribution in [3.05, 3.63) is 63.5 Å². The summed E-state index contributed by atoms with van der Waals surface area (Å²) in [4.78, 5) is 43.5. The van der Waals surface area contributed by atoms with Crippen molar-refractivity contribution < 1.29 is 22.8 Å². The average molecular weight is 638 g/mol. The van der Waals surface area contributed by atoms with Crippen LogP contribution in [-0.4, -0.2) is 73.7 Å². The van der Waals surface area contributed by atoms with Gasteiger partial charge < -0.3 is 15.1 Å². The van der Waals surface area contributed by atoms with Crippen LogP contribution in [0.3, 0.4) is 0 Å². The molecular weight excluding hydrogens is 607 g/mol. The van der Waals surface area contributed by atoms with Crippen molar-refractivity contribution in [2.45, 2.75) is 49.7 Å². The van der Waals surface area contributed by atoms with Crippen LogP contribution in [0.4, 0.5) is 0 Å². The molecule has 2 aliphatic rings. The van der Waals surface area contributed by atoms with Crippen LogP contribution < -0.4 is 10.0 Å². The van der Waals surface area contributed by atoms with Gasteiger partial charge in [0.2, 0.25) is 21.8 Å². The van der Waals surface area contributed by atoms with Gasteiger partial charge in [0.25, 0.3) is 5.91 Å². The third kappa shape index (κ3) is 6.39. The van der Waals surface area contributed by atoms with Gasteiger partial charge in [-0.15, -0.1) is 11.3 Å². The van der Waals surface area contributed by atoms with Gasteiger partial charge in [-0.25, -0.2) is 13.1 Å². The SMILES string of the molecule is CC(C)C[C@H](NC(=O)c1cc2ccccc2s1)C(=O)N1C[C@H]2C[C@@H]1CN2C(=O)CNS(=O)(=O)c1ccc(Cl)cc1Cl. The van der Waals surface area contributed by atoms with E-state index in [0.29, 0.717) is 35.8 Å². The molecule has 2 fully saturated rings. The topological polar surface area (TPSA) is 116 Å². The van der Waals surface area contributed by atoms with Crippen LogP contribution in [0.5, 0.6) is 0 Å². The van der Waals surface area contributed by atoms with E-state index < -0.39 is 22.6 Å². The van der Waals surface area contributed by atoms with Gasteiger partial charge in [-0.1, -0.05) is 55.2 Å². The number of halogens is 2. The molecule has 2 aromatic carbocycles. The van der Waals surface area contributed by atoms with Crippen LogP contribution in [0.2, 0.25) is 10.0 Å². The molecule has 0 aliphatic carbocycles. The second-order valence-corrected chi connectivity index (χ2v) is 14.4. The minimum atomic E-state index is -4.03. The number of carbonyl (C=O) groups excluding carboxylic acids is 3. The molecule has 2 aliphatic heterocycles. The second kappa shape index (κ2) is 11.9. The molecule has 3 atom stereocenters. The Labute approximate surface area is 252 Å². The van der Waals surface area contributed by atoms with Crippen LogP contribution in [0.15, 0.2) is 53.4 Å². The molecule has 41 heavy (non-hydrogen) atoms. The van der Waals surface area contributed by atoms with Gasteiger partial charge in [0.05, 0.1) is 28.5 Å². The highest BCUT2D eigenvalue weighted by molar-refractivity contribution is 7.89. The van der Waals surface area contributed by atoms with E-state index in [2.05, 4.69) is 10.0 Å². The number of hydrogen-bond donors (Lipinski definition) is 2. The van der Waals surface area contributed by atoms with E-state index in [-0.39, 0.29) is 45.6 Å². The number of piperazine rings is 1. The van der Waals surface area contributed by atoms with Crippen molar-refractivity contribution in [2.24, 2.45) is 5.92 Å². The highest BCUT2D eigenvalue weighted by Gasteiger charge is 2.48. The largest absolute Gasteiger partial charge is 0.340 e. The lowest BCUT2D eigenvalue weighted by molar-refractivity contribution is -0.140. The fourth-order valence-electron chi connectivity index (χ4n) is 5.49. The molecule has 2 N–H and O–H groups in total. The van der Waals surface area contributed by atoms with E-state index in [1.807, 2.05) is 44.2 Å². The number of likely N-dealkylation sites (tertiary alicyclic amines) is 2. The zero-order valence-corrected chi connectivity index (χ0v) is 25.6. The highest BCUT2D eigenvalue weighted by Crippen LogP contribution is 2.32. The lowest BCUT2D eigenvalue weighted by Crippen LogP contribution is -2.57. The van der Waals surface area contributed by atoms with Gasteiger partial charge in [0.1, 0.15) is 10.9 Å². The molecule has 3 heterocycles. The molecule has 2 saturated heterocycles. The standard InChI is InChI=1S/C28H30Cl2N4O5S2/c1-16(2)9-22(32-27(36)24-10-17-5-3-4-6-23(17)40-24)28(37)34-15-19-12-20(34)14-33(19)26(35)13-31-41(38,39)25-8-7-18(29)11-21(25)30/h3-8,10-11,16,19-20,22,31H,9,12-15H2,1-2H3,(H,32,36)/t19-,20-,22+/m1/s1. The van der Waals surface area contributed by atoms with Crippen molar-refractivity contribution in [3.63, 3.8) is 0 Å². The van der Waals surface area contributed by atoms with Crippen molar-refractivity contribution in [1.29, 1.82) is 0 Å². The number of rotatable bonds is 9. The van der Waals surface area contributed by atoms with Crippen LogP contribution in [0, 0.1) is 5.92 Å². The summed E-state index contributed by atoms with van der Waals surface area (Å²) in [6, 6.07) is 12.5. The minimum Gasteiger partial charge on any atom is -0.340 e. The molecule has 1 aromatic heterocycles. The van der Waals surface area contributed by atoms with Gasteiger partial charge in [0, 0.05) is 22.8 Å². The van der Waals surface area contributed by atoms with Gasteiger partial charge in [-0.05, 0) is 54.5 Å². The van der Waals surface area contributed by atoms with Crippen LogP contribution >= 0.6 is 34.5 Å². The summed E-state index contributed by atoms with van der Waals surface area (Å²) in [5, 5.41) is 4.20. The van der Waals surface area contributed by atoms with E-state index >= 15 is 0 Å². The average Bonchev–Trinajstić information content (AvgIpc) is 3.65. The predicted molar refractivity (Wildman–Crippen MR) is 160 cm³/mol. The first-order chi connectivity index (χ1) is 19.4. The molecule has 0 spiro atoms. The lowest BCUT2D eigenvalue weighted by atomic mass is 10.0. The quantitative estimate of drug-likeness (QED) is 0.366. The Morgan fingerprint density at radius 2 is 1.73 bits per heavy atom. The van der Waals surface area contributed by atoms with E-state index in [1.54, 1.807) is 9.80 Å². The van der Waals surface area contributed by atoms with Crippen LogP contribution in [0.25, 0.3) is 10.1 Å². The molecule has 0 radical (unpaired) electrons. The molecule has 9 nitrogen and oxygen atoms in total. The van der Waals surface area contributed by atoms with E-state index in [9.17, 15) is 22.8 Å². The number of nitrogens with zero attached hydrogens (tertiary/aromatic N) is 2. The Bertz CT molecular complexity index is 1580. The van der Waals surface area contributed by atoms with Gasteiger partial charge in [-0.2, -0.15) is 0 Å². The Balaban J connectivity index is 1.20. The maximum absolute atomic E-state index is 13.7. The Kier molecular flexibility index (Phi) is 8.63. The zero-order valence-electron chi connectivity index (χ0n) is 22.5. The molecular formula is C28H30Cl2N4O5S2. The van der Waals surface area contributed by atoms with E-state index in [4.69, 9.17) is 23.2 Å². The Morgan fingerprint density at radius 1 is 1.02 bits per heavy atom.